The molecule has 0 unspecified atom stereocenters. The van der Waals surface area contributed by atoms with Crippen LogP contribution in [0.4, 0.5) is 0 Å². The Hall–Kier alpha value is -2.05. The molecule has 2 rings (SSSR count). The number of aromatic nitrogens is 1. The number of aryl methyl sites for hydroxylation is 2. The van der Waals surface area contributed by atoms with Crippen LogP contribution in [0.2, 0.25) is 0 Å². The molecule has 1 aliphatic carbocycles. The predicted molar refractivity (Wildman–Crippen MR) is 96.6 cm³/mol. The van der Waals surface area contributed by atoms with E-state index >= 15 is 0 Å². The molecule has 140 valence electrons. The van der Waals surface area contributed by atoms with E-state index in [1.165, 1.54) is 0 Å². The molecule has 0 amide bonds. The Morgan fingerprint density at radius 2 is 2.04 bits per heavy atom. The highest BCUT2D eigenvalue weighted by Crippen LogP contribution is 2.25. The second-order valence-corrected chi connectivity index (χ2v) is 6.50. The van der Waals surface area contributed by atoms with E-state index in [4.69, 9.17) is 9.26 Å². The van der Waals surface area contributed by atoms with Crippen LogP contribution in [0.15, 0.2) is 9.52 Å². The van der Waals surface area contributed by atoms with Crippen molar-refractivity contribution in [3.8, 4) is 0 Å². The van der Waals surface area contributed by atoms with Gasteiger partial charge in [-0.2, -0.15) is 0 Å². The van der Waals surface area contributed by atoms with Gasteiger partial charge in [-0.3, -0.25) is 9.79 Å². The summed E-state index contributed by atoms with van der Waals surface area (Å²) < 4.78 is 10.3. The normalized spacial score (nSPS) is 21.0. The molecular formula is C18H30N4O3. The fourth-order valence-electron chi connectivity index (χ4n) is 3.29. The number of nitrogens with one attached hydrogen (secondary N) is 2. The Balaban J connectivity index is 1.73. The maximum absolute atomic E-state index is 11.8. The fourth-order valence-corrected chi connectivity index (χ4v) is 3.29. The number of hydrogen-bond acceptors (Lipinski definition) is 5. The van der Waals surface area contributed by atoms with Gasteiger partial charge in [0.25, 0.3) is 0 Å². The van der Waals surface area contributed by atoms with Gasteiger partial charge in [0.2, 0.25) is 0 Å². The van der Waals surface area contributed by atoms with Crippen molar-refractivity contribution in [3.63, 3.8) is 0 Å². The Bertz CT molecular complexity index is 570. The zero-order valence-electron chi connectivity index (χ0n) is 15.7. The molecule has 0 bridgehead atoms. The largest absolute Gasteiger partial charge is 0.466 e. The van der Waals surface area contributed by atoms with E-state index in [2.05, 4.69) is 20.8 Å². The second kappa shape index (κ2) is 9.44. The highest BCUT2D eigenvalue weighted by Gasteiger charge is 2.27. The van der Waals surface area contributed by atoms with Crippen molar-refractivity contribution in [2.75, 3.05) is 20.2 Å². The molecule has 1 aliphatic rings. The lowest BCUT2D eigenvalue weighted by atomic mass is 9.86. The zero-order chi connectivity index (χ0) is 18.2. The third-order valence-electron chi connectivity index (χ3n) is 4.76. The van der Waals surface area contributed by atoms with Crippen LogP contribution >= 0.6 is 0 Å². The van der Waals surface area contributed by atoms with Gasteiger partial charge in [0.1, 0.15) is 5.76 Å². The number of ether oxygens (including phenoxy) is 1. The van der Waals surface area contributed by atoms with E-state index in [0.717, 1.165) is 61.6 Å². The molecule has 0 aromatic carbocycles. The first-order valence-corrected chi connectivity index (χ1v) is 9.10. The molecule has 1 fully saturated rings. The summed E-state index contributed by atoms with van der Waals surface area (Å²) >= 11 is 0. The van der Waals surface area contributed by atoms with Crippen LogP contribution in [-0.2, 0) is 16.0 Å². The smallest absolute Gasteiger partial charge is 0.308 e. The lowest BCUT2D eigenvalue weighted by molar-refractivity contribution is -0.149. The van der Waals surface area contributed by atoms with E-state index in [-0.39, 0.29) is 11.9 Å². The van der Waals surface area contributed by atoms with Gasteiger partial charge in [-0.25, -0.2) is 0 Å². The third-order valence-corrected chi connectivity index (χ3v) is 4.76. The number of carbonyl (C=O) groups is 1. The number of nitrogens with zero attached hydrogens (tertiary/aromatic N) is 2. The second-order valence-electron chi connectivity index (χ2n) is 6.50. The van der Waals surface area contributed by atoms with Gasteiger partial charge in [-0.15, -0.1) is 0 Å². The van der Waals surface area contributed by atoms with Crippen LogP contribution < -0.4 is 10.6 Å². The minimum absolute atomic E-state index is 0.0486. The first kappa shape index (κ1) is 19.3. The van der Waals surface area contributed by atoms with Crippen LogP contribution in [0, 0.1) is 19.8 Å². The molecule has 0 aliphatic heterocycles. The van der Waals surface area contributed by atoms with E-state index in [1.54, 1.807) is 7.05 Å². The van der Waals surface area contributed by atoms with Crippen molar-refractivity contribution in [1.82, 2.24) is 15.8 Å². The predicted octanol–water partition coefficient (Wildman–Crippen LogP) is 2.12. The Labute approximate surface area is 149 Å². The highest BCUT2D eigenvalue weighted by molar-refractivity contribution is 5.80. The monoisotopic (exact) mass is 350 g/mol. The first-order valence-electron chi connectivity index (χ1n) is 9.10. The van der Waals surface area contributed by atoms with Gasteiger partial charge in [0, 0.05) is 25.2 Å². The number of carbonyl (C=O) groups excluding carboxylic acids is 1. The van der Waals surface area contributed by atoms with Gasteiger partial charge in [-0.1, -0.05) is 5.16 Å². The quantitative estimate of drug-likeness (QED) is 0.464. The summed E-state index contributed by atoms with van der Waals surface area (Å²) in [6.07, 6.45) is 4.48. The molecule has 1 aromatic heterocycles. The van der Waals surface area contributed by atoms with Crippen molar-refractivity contribution >= 4 is 11.9 Å². The summed E-state index contributed by atoms with van der Waals surface area (Å²) in [6, 6.07) is 0.343. The molecule has 25 heavy (non-hydrogen) atoms. The minimum Gasteiger partial charge on any atom is -0.466 e. The minimum atomic E-state index is -0.0529. The third kappa shape index (κ3) is 5.47. The van der Waals surface area contributed by atoms with E-state index in [0.29, 0.717) is 12.6 Å². The standard InChI is InChI=1S/C18H30N4O3/c1-5-24-17(23)14-6-8-15(9-7-14)21-18(19-4)20-11-10-16-12(2)22-25-13(16)3/h14-15H,5-11H2,1-4H3,(H2,19,20,21). The summed E-state index contributed by atoms with van der Waals surface area (Å²) in [6.45, 7) is 6.97. The van der Waals surface area contributed by atoms with Crippen LogP contribution in [0.25, 0.3) is 0 Å². The topological polar surface area (TPSA) is 88.8 Å². The molecule has 0 atom stereocenters. The zero-order valence-corrected chi connectivity index (χ0v) is 15.7. The molecule has 0 spiro atoms. The first-order chi connectivity index (χ1) is 12.0. The molecule has 0 radical (unpaired) electrons. The number of aliphatic imine (C=N–C) groups is 1. The van der Waals surface area contributed by atoms with Crippen LogP contribution in [0.1, 0.15) is 49.6 Å². The van der Waals surface area contributed by atoms with Crippen molar-refractivity contribution < 1.29 is 14.1 Å². The number of rotatable bonds is 6. The number of hydrogen-bond donors (Lipinski definition) is 2. The van der Waals surface area contributed by atoms with Gasteiger partial charge in [-0.05, 0) is 52.9 Å². The van der Waals surface area contributed by atoms with E-state index in [9.17, 15) is 4.79 Å². The van der Waals surface area contributed by atoms with Crippen molar-refractivity contribution in [1.29, 1.82) is 0 Å². The average molecular weight is 350 g/mol. The molecule has 1 aromatic rings. The molecular weight excluding hydrogens is 320 g/mol. The van der Waals surface area contributed by atoms with Gasteiger partial charge < -0.3 is 19.9 Å². The summed E-state index contributed by atoms with van der Waals surface area (Å²) in [5.41, 5.74) is 2.09. The summed E-state index contributed by atoms with van der Waals surface area (Å²) in [5.74, 6) is 1.67. The summed E-state index contributed by atoms with van der Waals surface area (Å²) in [4.78, 5) is 16.1. The maximum atomic E-state index is 11.8. The SMILES string of the molecule is CCOC(=O)C1CCC(NC(=NC)NCCc2c(C)noc2C)CC1. The van der Waals surface area contributed by atoms with Gasteiger partial charge >= 0.3 is 5.97 Å². The van der Waals surface area contributed by atoms with Crippen LogP contribution in [-0.4, -0.2) is 43.3 Å². The highest BCUT2D eigenvalue weighted by atomic mass is 16.5. The molecule has 1 heterocycles. The van der Waals surface area contributed by atoms with E-state index in [1.807, 2.05) is 20.8 Å². The van der Waals surface area contributed by atoms with Crippen LogP contribution in [0.5, 0.6) is 0 Å². The lowest BCUT2D eigenvalue weighted by Crippen LogP contribution is -2.45. The van der Waals surface area contributed by atoms with Crippen molar-refractivity contribution in [2.24, 2.45) is 10.9 Å². The molecule has 0 saturated heterocycles. The van der Waals surface area contributed by atoms with Crippen molar-refractivity contribution in [3.05, 3.63) is 17.0 Å². The van der Waals surface area contributed by atoms with E-state index < -0.39 is 0 Å². The Morgan fingerprint density at radius 3 is 2.60 bits per heavy atom. The molecule has 7 heteroatoms. The number of guanidine groups is 1. The lowest BCUT2D eigenvalue weighted by Gasteiger charge is -2.29. The average Bonchev–Trinajstić information content (AvgIpc) is 2.93. The Morgan fingerprint density at radius 1 is 1.32 bits per heavy atom. The number of esters is 1. The summed E-state index contributed by atoms with van der Waals surface area (Å²) in [7, 11) is 1.77. The Kier molecular flexibility index (Phi) is 7.28. The van der Waals surface area contributed by atoms with Gasteiger partial charge in [0.05, 0.1) is 18.2 Å². The van der Waals surface area contributed by atoms with Crippen molar-refractivity contribution in [2.45, 2.75) is 58.9 Å². The fraction of sp³-hybridized carbons (Fsp3) is 0.722. The maximum Gasteiger partial charge on any atom is 0.308 e. The summed E-state index contributed by atoms with van der Waals surface area (Å²) in [5, 5.41) is 10.8. The molecule has 2 N–H and O–H groups in total. The van der Waals surface area contributed by atoms with Crippen LogP contribution in [0.3, 0.4) is 0 Å². The van der Waals surface area contributed by atoms with Gasteiger partial charge in [0.15, 0.2) is 5.96 Å². The molecule has 1 saturated carbocycles. The molecule has 7 nitrogen and oxygen atoms in total.